The van der Waals surface area contributed by atoms with Gasteiger partial charge in [0.1, 0.15) is 11.8 Å². The quantitative estimate of drug-likeness (QED) is 0.241. The Morgan fingerprint density at radius 2 is 2.10 bits per heavy atom. The molecule has 1 aromatic heterocycles. The van der Waals surface area contributed by atoms with E-state index in [9.17, 15) is 9.70 Å². The summed E-state index contributed by atoms with van der Waals surface area (Å²) in [5.74, 6) is -0.396. The first-order valence-electron chi connectivity index (χ1n) is 9.58. The molecule has 158 valence electrons. The van der Waals surface area contributed by atoms with Gasteiger partial charge in [0.05, 0.1) is 17.6 Å². The highest BCUT2D eigenvalue weighted by Crippen LogP contribution is 2.35. The van der Waals surface area contributed by atoms with Crippen LogP contribution in [0, 0.1) is 23.2 Å². The Balaban J connectivity index is 1.74. The Labute approximate surface area is 183 Å². The minimum atomic E-state index is -0.396. The van der Waals surface area contributed by atoms with E-state index in [0.717, 1.165) is 22.2 Å². The number of carbonyl (C=O) groups excluding carboxylic acids is 1. The number of ether oxygens (including phenoxy) is 1. The van der Waals surface area contributed by atoms with Gasteiger partial charge < -0.3 is 9.64 Å². The minimum absolute atomic E-state index is 0.201. The highest BCUT2D eigenvalue weighted by atomic mass is 32.1. The van der Waals surface area contributed by atoms with Crippen molar-refractivity contribution < 1.29 is 9.53 Å². The summed E-state index contributed by atoms with van der Waals surface area (Å²) < 4.78 is 9.11. The lowest BCUT2D eigenvalue weighted by atomic mass is 10.1. The molecule has 0 N–H and O–H groups in total. The smallest absolute Gasteiger partial charge is 0.308 e. The molecule has 9 nitrogen and oxygen atoms in total. The van der Waals surface area contributed by atoms with Crippen LogP contribution in [-0.2, 0) is 9.53 Å². The van der Waals surface area contributed by atoms with E-state index in [1.54, 1.807) is 24.3 Å². The summed E-state index contributed by atoms with van der Waals surface area (Å²) in [5, 5.41) is 21.4. The first kappa shape index (κ1) is 22.0. The van der Waals surface area contributed by atoms with Crippen molar-refractivity contribution in [3.63, 3.8) is 0 Å². The van der Waals surface area contributed by atoms with Gasteiger partial charge in [-0.3, -0.25) is 4.79 Å². The number of nitriles is 1. The van der Waals surface area contributed by atoms with E-state index in [0.29, 0.717) is 29.5 Å². The third-order valence-corrected chi connectivity index (χ3v) is 5.37. The molecule has 0 fully saturated rings. The van der Waals surface area contributed by atoms with Crippen LogP contribution in [-0.4, -0.2) is 30.0 Å². The molecule has 0 aliphatic heterocycles. The molecule has 0 saturated carbocycles. The summed E-state index contributed by atoms with van der Waals surface area (Å²) >= 11 is 1.21. The predicted molar refractivity (Wildman–Crippen MR) is 120 cm³/mol. The van der Waals surface area contributed by atoms with Crippen LogP contribution in [0.2, 0.25) is 0 Å². The van der Waals surface area contributed by atoms with Crippen molar-refractivity contribution in [1.29, 1.82) is 5.26 Å². The largest absolute Gasteiger partial charge is 0.450 e. The normalized spacial score (nSPS) is 10.9. The number of azo groups is 1. The zero-order valence-corrected chi connectivity index (χ0v) is 17.9. The molecule has 3 rings (SSSR count). The maximum absolute atomic E-state index is 11.7. The summed E-state index contributed by atoms with van der Waals surface area (Å²) in [6.45, 7) is 4.91. The van der Waals surface area contributed by atoms with Crippen LogP contribution in [0.4, 0.5) is 22.1 Å². The molecule has 0 saturated heterocycles. The first-order chi connectivity index (χ1) is 15.0. The molecule has 1 heterocycles. The molecule has 2 aromatic carbocycles. The highest BCUT2D eigenvalue weighted by molar-refractivity contribution is 7.11. The molecule has 0 amide bonds. The van der Waals surface area contributed by atoms with Crippen LogP contribution < -0.4 is 4.90 Å². The Kier molecular flexibility index (Phi) is 7.35. The molecule has 3 aromatic rings. The zero-order chi connectivity index (χ0) is 22.2. The fourth-order valence-corrected chi connectivity index (χ4v) is 3.66. The number of nitrogens with zero attached hydrogens (tertiary/aromatic N) is 6. The van der Waals surface area contributed by atoms with Crippen molar-refractivity contribution in [2.24, 2.45) is 15.4 Å². The zero-order valence-electron chi connectivity index (χ0n) is 17.1. The fraction of sp³-hybridized carbons (Fsp3) is 0.286. The van der Waals surface area contributed by atoms with Crippen molar-refractivity contribution in [3.05, 3.63) is 46.9 Å². The van der Waals surface area contributed by atoms with Crippen LogP contribution >= 0.6 is 11.5 Å². The maximum Gasteiger partial charge on any atom is 0.308 e. The topological polar surface area (TPSA) is 120 Å². The van der Waals surface area contributed by atoms with Crippen LogP contribution in [0.1, 0.15) is 18.9 Å². The summed E-state index contributed by atoms with van der Waals surface area (Å²) in [4.78, 5) is 24.5. The predicted octanol–water partition coefficient (Wildman–Crippen LogP) is 5.70. The Morgan fingerprint density at radius 3 is 2.81 bits per heavy atom. The lowest BCUT2D eigenvalue weighted by molar-refractivity contribution is -0.141. The van der Waals surface area contributed by atoms with Crippen LogP contribution in [0.5, 0.6) is 0 Å². The number of nitroso groups, excluding NO2 is 1. The van der Waals surface area contributed by atoms with Gasteiger partial charge in [0, 0.05) is 24.2 Å². The van der Waals surface area contributed by atoms with Gasteiger partial charge in [0.2, 0.25) is 0 Å². The average Bonchev–Trinajstić information content (AvgIpc) is 3.19. The van der Waals surface area contributed by atoms with E-state index in [-0.39, 0.29) is 13.0 Å². The number of fused-ring (bicyclic) bond motifs is 1. The molecule has 0 aliphatic rings. The minimum Gasteiger partial charge on any atom is -0.450 e. The SMILES string of the molecule is CCN(CCC(=O)OCC#N)c1ccc(/N=N/c2snc3ccc(N=O)cc23)c(C)c1. The number of anilines is 1. The number of rotatable bonds is 9. The van der Waals surface area contributed by atoms with Gasteiger partial charge in [-0.05, 0) is 72.5 Å². The van der Waals surface area contributed by atoms with Gasteiger partial charge in [0.25, 0.3) is 0 Å². The van der Waals surface area contributed by atoms with E-state index < -0.39 is 5.97 Å². The molecule has 0 atom stereocenters. The number of hydrogen-bond acceptors (Lipinski definition) is 10. The summed E-state index contributed by atoms with van der Waals surface area (Å²) in [6, 6.07) is 12.6. The number of benzene rings is 2. The third kappa shape index (κ3) is 5.46. The van der Waals surface area contributed by atoms with Gasteiger partial charge in [0.15, 0.2) is 11.6 Å². The Bertz CT molecular complexity index is 1170. The van der Waals surface area contributed by atoms with Crippen molar-refractivity contribution in [2.75, 3.05) is 24.6 Å². The van der Waals surface area contributed by atoms with E-state index in [1.165, 1.54) is 11.5 Å². The van der Waals surface area contributed by atoms with Gasteiger partial charge in [-0.25, -0.2) is 0 Å². The number of carbonyl (C=O) groups is 1. The molecular weight excluding hydrogens is 416 g/mol. The number of aromatic nitrogens is 1. The third-order valence-electron chi connectivity index (χ3n) is 4.61. The molecule has 0 unspecified atom stereocenters. The molecular formula is C21H20N6O3S. The highest BCUT2D eigenvalue weighted by Gasteiger charge is 2.11. The van der Waals surface area contributed by atoms with Crippen molar-refractivity contribution in [2.45, 2.75) is 20.3 Å². The van der Waals surface area contributed by atoms with Crippen molar-refractivity contribution in [3.8, 4) is 6.07 Å². The summed E-state index contributed by atoms with van der Waals surface area (Å²) in [6.07, 6.45) is 0.201. The van der Waals surface area contributed by atoms with Gasteiger partial charge >= 0.3 is 5.97 Å². The maximum atomic E-state index is 11.7. The first-order valence-corrected chi connectivity index (χ1v) is 10.4. The molecule has 0 radical (unpaired) electrons. The number of aryl methyl sites for hydroxylation is 1. The Morgan fingerprint density at radius 1 is 1.26 bits per heavy atom. The van der Waals surface area contributed by atoms with E-state index in [2.05, 4.69) is 19.8 Å². The summed E-state index contributed by atoms with van der Waals surface area (Å²) in [7, 11) is 0. The standard InChI is InChI=1S/C21H20N6O3S/c1-3-27(10-8-20(28)30-11-9-22)16-5-7-18(14(2)12-16)23-24-21-17-13-15(25-29)4-6-19(17)26-31-21/h4-7,12-13H,3,8,10-11H2,1-2H3/b24-23+. The monoisotopic (exact) mass is 436 g/mol. The van der Waals surface area contributed by atoms with E-state index in [4.69, 9.17) is 10.00 Å². The lowest BCUT2D eigenvalue weighted by Gasteiger charge is -2.23. The molecule has 0 spiro atoms. The number of esters is 1. The van der Waals surface area contributed by atoms with Gasteiger partial charge in [-0.2, -0.15) is 9.64 Å². The van der Waals surface area contributed by atoms with Crippen LogP contribution in [0.25, 0.3) is 10.9 Å². The Hall–Kier alpha value is -3.71. The molecule has 31 heavy (non-hydrogen) atoms. The average molecular weight is 436 g/mol. The summed E-state index contributed by atoms with van der Waals surface area (Å²) in [5.41, 5.74) is 3.65. The molecule has 0 aliphatic carbocycles. The second-order valence-corrected chi connectivity index (χ2v) is 7.35. The van der Waals surface area contributed by atoms with E-state index in [1.807, 2.05) is 36.9 Å². The van der Waals surface area contributed by atoms with Gasteiger partial charge in [-0.1, -0.05) is 0 Å². The molecule has 0 bridgehead atoms. The van der Waals surface area contributed by atoms with E-state index >= 15 is 0 Å². The van der Waals surface area contributed by atoms with Crippen molar-refractivity contribution >= 4 is 50.5 Å². The van der Waals surface area contributed by atoms with Crippen LogP contribution in [0.15, 0.2) is 51.8 Å². The van der Waals surface area contributed by atoms with Crippen LogP contribution in [0.3, 0.4) is 0 Å². The fourth-order valence-electron chi connectivity index (χ4n) is 2.97. The van der Waals surface area contributed by atoms with Crippen molar-refractivity contribution in [1.82, 2.24) is 4.37 Å². The number of hydrogen-bond donors (Lipinski definition) is 0. The van der Waals surface area contributed by atoms with Gasteiger partial charge in [-0.15, -0.1) is 15.1 Å². The second-order valence-electron chi connectivity index (χ2n) is 6.60. The molecule has 10 heteroatoms. The lowest BCUT2D eigenvalue weighted by Crippen LogP contribution is -2.26. The second kappa shape index (κ2) is 10.4.